The number of hydrogen-bond acceptors (Lipinski definition) is 1. The van der Waals surface area contributed by atoms with Gasteiger partial charge < -0.3 is 0 Å². The summed E-state index contributed by atoms with van der Waals surface area (Å²) in [5.74, 6) is 0.168. The summed E-state index contributed by atoms with van der Waals surface area (Å²) < 4.78 is 0. The first-order valence-corrected chi connectivity index (χ1v) is 5.37. The van der Waals surface area contributed by atoms with Gasteiger partial charge in [-0.25, -0.2) is 0 Å². The molecule has 0 saturated heterocycles. The molecule has 1 rings (SSSR count). The lowest BCUT2D eigenvalue weighted by Gasteiger charge is -2.08. The topological polar surface area (TPSA) is 17.1 Å². The Morgan fingerprint density at radius 1 is 1.33 bits per heavy atom. The summed E-state index contributed by atoms with van der Waals surface area (Å²) in [6.45, 7) is 7.97. The van der Waals surface area contributed by atoms with Crippen molar-refractivity contribution in [2.24, 2.45) is 0 Å². The Balaban J connectivity index is 3.17. The molecule has 0 amide bonds. The standard InChI is InChI=1S/C14H18O/c1-5-12(6-2)14(15)13-9-7-8-10(3)11(13)4/h5,7-9H,6H2,1-4H3/b12-5-. The van der Waals surface area contributed by atoms with Crippen molar-refractivity contribution in [1.29, 1.82) is 0 Å². The number of hydrogen-bond donors (Lipinski definition) is 0. The van der Waals surface area contributed by atoms with Crippen molar-refractivity contribution in [3.8, 4) is 0 Å². The Morgan fingerprint density at radius 3 is 2.53 bits per heavy atom. The summed E-state index contributed by atoms with van der Waals surface area (Å²) in [5, 5.41) is 0. The first-order valence-electron chi connectivity index (χ1n) is 5.37. The molecule has 15 heavy (non-hydrogen) atoms. The largest absolute Gasteiger partial charge is 0.289 e. The number of benzene rings is 1. The van der Waals surface area contributed by atoms with E-state index in [-0.39, 0.29) is 5.78 Å². The fourth-order valence-electron chi connectivity index (χ4n) is 1.67. The van der Waals surface area contributed by atoms with Gasteiger partial charge in [0.25, 0.3) is 0 Å². The van der Waals surface area contributed by atoms with Gasteiger partial charge in [-0.05, 0) is 43.9 Å². The van der Waals surface area contributed by atoms with Crippen molar-refractivity contribution in [2.75, 3.05) is 0 Å². The monoisotopic (exact) mass is 202 g/mol. The fourth-order valence-corrected chi connectivity index (χ4v) is 1.67. The Bertz CT molecular complexity index is 400. The highest BCUT2D eigenvalue weighted by Crippen LogP contribution is 2.18. The molecular weight excluding hydrogens is 184 g/mol. The van der Waals surface area contributed by atoms with E-state index in [1.54, 1.807) is 0 Å². The molecule has 0 N–H and O–H groups in total. The van der Waals surface area contributed by atoms with Gasteiger partial charge in [0.2, 0.25) is 0 Å². The quantitative estimate of drug-likeness (QED) is 0.537. The zero-order valence-corrected chi connectivity index (χ0v) is 9.92. The number of allylic oxidation sites excluding steroid dienone is 2. The van der Waals surface area contributed by atoms with Gasteiger partial charge in [-0.1, -0.05) is 31.2 Å². The van der Waals surface area contributed by atoms with Crippen LogP contribution in [0.1, 0.15) is 41.8 Å². The smallest absolute Gasteiger partial charge is 0.188 e. The Morgan fingerprint density at radius 2 is 2.00 bits per heavy atom. The van der Waals surface area contributed by atoms with Crippen LogP contribution in [0.3, 0.4) is 0 Å². The molecule has 0 fully saturated rings. The van der Waals surface area contributed by atoms with E-state index in [4.69, 9.17) is 0 Å². The van der Waals surface area contributed by atoms with Crippen molar-refractivity contribution in [3.63, 3.8) is 0 Å². The Kier molecular flexibility index (Phi) is 3.84. The molecular formula is C14H18O. The molecule has 80 valence electrons. The lowest BCUT2D eigenvalue weighted by Crippen LogP contribution is -2.05. The summed E-state index contributed by atoms with van der Waals surface area (Å²) in [4.78, 5) is 12.1. The molecule has 1 nitrogen and oxygen atoms in total. The normalized spacial score (nSPS) is 11.6. The minimum Gasteiger partial charge on any atom is -0.289 e. The summed E-state index contributed by atoms with van der Waals surface area (Å²) in [7, 11) is 0. The third-order valence-electron chi connectivity index (χ3n) is 2.87. The number of aryl methyl sites for hydroxylation is 1. The van der Waals surface area contributed by atoms with Gasteiger partial charge in [-0.15, -0.1) is 0 Å². The maximum Gasteiger partial charge on any atom is 0.188 e. The van der Waals surface area contributed by atoms with E-state index in [0.29, 0.717) is 0 Å². The Hall–Kier alpha value is -1.37. The number of rotatable bonds is 3. The zero-order valence-electron chi connectivity index (χ0n) is 9.92. The highest BCUT2D eigenvalue weighted by Gasteiger charge is 2.12. The summed E-state index contributed by atoms with van der Waals surface area (Å²) in [5.41, 5.74) is 4.00. The number of ketones is 1. The van der Waals surface area contributed by atoms with Gasteiger partial charge in [0.1, 0.15) is 0 Å². The first kappa shape index (κ1) is 11.7. The molecule has 0 heterocycles. The van der Waals surface area contributed by atoms with Crippen molar-refractivity contribution in [1.82, 2.24) is 0 Å². The molecule has 0 aromatic heterocycles. The molecule has 1 aromatic carbocycles. The minimum atomic E-state index is 0.168. The van der Waals surface area contributed by atoms with E-state index in [0.717, 1.165) is 23.1 Å². The lowest BCUT2D eigenvalue weighted by atomic mass is 9.95. The van der Waals surface area contributed by atoms with Crippen LogP contribution < -0.4 is 0 Å². The van der Waals surface area contributed by atoms with E-state index in [2.05, 4.69) is 0 Å². The highest BCUT2D eigenvalue weighted by molar-refractivity contribution is 6.09. The van der Waals surface area contributed by atoms with Gasteiger partial charge in [-0.3, -0.25) is 4.79 Å². The SMILES string of the molecule is C/C=C(/CC)C(=O)c1cccc(C)c1C. The maximum atomic E-state index is 12.1. The van der Waals surface area contributed by atoms with Crippen molar-refractivity contribution in [3.05, 3.63) is 46.5 Å². The average Bonchev–Trinajstić information content (AvgIpc) is 2.23. The fraction of sp³-hybridized carbons (Fsp3) is 0.357. The van der Waals surface area contributed by atoms with E-state index in [1.807, 2.05) is 52.0 Å². The van der Waals surface area contributed by atoms with Gasteiger partial charge >= 0.3 is 0 Å². The van der Waals surface area contributed by atoms with Crippen LogP contribution in [0, 0.1) is 13.8 Å². The van der Waals surface area contributed by atoms with E-state index < -0.39 is 0 Å². The molecule has 0 saturated carbocycles. The molecule has 0 aliphatic rings. The van der Waals surface area contributed by atoms with Crippen LogP contribution in [0.15, 0.2) is 29.8 Å². The second-order valence-electron chi connectivity index (χ2n) is 3.74. The molecule has 0 atom stereocenters. The average molecular weight is 202 g/mol. The number of carbonyl (C=O) groups is 1. The number of Topliss-reactive ketones (excluding diaryl/α,β-unsaturated/α-hetero) is 1. The molecule has 0 aliphatic carbocycles. The van der Waals surface area contributed by atoms with Crippen LogP contribution in [0.25, 0.3) is 0 Å². The van der Waals surface area contributed by atoms with Crippen LogP contribution in [-0.4, -0.2) is 5.78 Å². The zero-order chi connectivity index (χ0) is 11.4. The third kappa shape index (κ3) is 2.35. The van der Waals surface area contributed by atoms with Gasteiger partial charge in [0, 0.05) is 5.56 Å². The van der Waals surface area contributed by atoms with E-state index in [9.17, 15) is 4.79 Å². The van der Waals surface area contributed by atoms with Crippen LogP contribution >= 0.6 is 0 Å². The molecule has 1 aromatic rings. The lowest BCUT2D eigenvalue weighted by molar-refractivity contribution is 0.103. The number of carbonyl (C=O) groups excluding carboxylic acids is 1. The predicted octanol–water partition coefficient (Wildman–Crippen LogP) is 3.84. The third-order valence-corrected chi connectivity index (χ3v) is 2.87. The Labute approximate surface area is 91.8 Å². The molecule has 0 spiro atoms. The second kappa shape index (κ2) is 4.92. The van der Waals surface area contributed by atoms with E-state index in [1.165, 1.54) is 5.56 Å². The highest BCUT2D eigenvalue weighted by atomic mass is 16.1. The van der Waals surface area contributed by atoms with Crippen molar-refractivity contribution in [2.45, 2.75) is 34.1 Å². The van der Waals surface area contributed by atoms with Crippen molar-refractivity contribution >= 4 is 5.78 Å². The summed E-state index contributed by atoms with van der Waals surface area (Å²) in [6, 6.07) is 5.88. The molecule has 0 unspecified atom stereocenters. The van der Waals surface area contributed by atoms with Crippen LogP contribution in [0.5, 0.6) is 0 Å². The second-order valence-corrected chi connectivity index (χ2v) is 3.74. The van der Waals surface area contributed by atoms with Crippen molar-refractivity contribution < 1.29 is 4.79 Å². The molecule has 0 bridgehead atoms. The predicted molar refractivity (Wildman–Crippen MR) is 64.3 cm³/mol. The summed E-state index contributed by atoms with van der Waals surface area (Å²) >= 11 is 0. The van der Waals surface area contributed by atoms with Crippen LogP contribution in [-0.2, 0) is 0 Å². The van der Waals surface area contributed by atoms with Crippen LogP contribution in [0.2, 0.25) is 0 Å². The molecule has 0 aliphatic heterocycles. The summed E-state index contributed by atoms with van der Waals surface area (Å²) in [6.07, 6.45) is 2.70. The minimum absolute atomic E-state index is 0.168. The van der Waals surface area contributed by atoms with Gasteiger partial charge in [0.05, 0.1) is 0 Å². The van der Waals surface area contributed by atoms with E-state index >= 15 is 0 Å². The van der Waals surface area contributed by atoms with Gasteiger partial charge in [0.15, 0.2) is 5.78 Å². The molecule has 1 heteroatoms. The maximum absolute atomic E-state index is 12.1. The molecule has 0 radical (unpaired) electrons. The first-order chi connectivity index (χ1) is 7.11. The van der Waals surface area contributed by atoms with Crippen LogP contribution in [0.4, 0.5) is 0 Å². The van der Waals surface area contributed by atoms with Gasteiger partial charge in [-0.2, -0.15) is 0 Å².